The van der Waals surface area contributed by atoms with Gasteiger partial charge in [-0.25, -0.2) is 4.79 Å². The predicted octanol–water partition coefficient (Wildman–Crippen LogP) is 0.727. The van der Waals surface area contributed by atoms with Crippen molar-refractivity contribution in [2.24, 2.45) is 5.92 Å². The third kappa shape index (κ3) is 5.11. The maximum absolute atomic E-state index is 11.4. The lowest BCUT2D eigenvalue weighted by Gasteiger charge is -2.21. The highest BCUT2D eigenvalue weighted by Gasteiger charge is 2.26. The van der Waals surface area contributed by atoms with Crippen LogP contribution < -0.4 is 5.32 Å². The molecule has 0 bridgehead atoms. The van der Waals surface area contributed by atoms with Gasteiger partial charge in [-0.3, -0.25) is 4.79 Å². The van der Waals surface area contributed by atoms with Gasteiger partial charge in [-0.2, -0.15) is 0 Å². The van der Waals surface area contributed by atoms with Crippen molar-refractivity contribution in [3.8, 4) is 0 Å². The molecule has 0 saturated heterocycles. The third-order valence-electron chi connectivity index (χ3n) is 2.42. The number of methoxy groups -OCH3 is 1. The third-order valence-corrected chi connectivity index (χ3v) is 2.42. The number of rotatable bonds is 7. The van der Waals surface area contributed by atoms with Gasteiger partial charge in [0.05, 0.1) is 7.11 Å². The van der Waals surface area contributed by atoms with E-state index in [9.17, 15) is 9.59 Å². The van der Waals surface area contributed by atoms with Crippen LogP contribution in [0.5, 0.6) is 0 Å². The van der Waals surface area contributed by atoms with Crippen molar-refractivity contribution in [2.75, 3.05) is 20.3 Å². The Hall–Kier alpha value is -1.10. The summed E-state index contributed by atoms with van der Waals surface area (Å²) in [5, 5.41) is 2.61. The number of esters is 1. The number of ether oxygens (including phenoxy) is 2. The summed E-state index contributed by atoms with van der Waals surface area (Å²) in [6.07, 6.45) is 0.786. The van der Waals surface area contributed by atoms with Crippen molar-refractivity contribution in [3.05, 3.63) is 0 Å². The van der Waals surface area contributed by atoms with Crippen molar-refractivity contribution in [3.63, 3.8) is 0 Å². The molecule has 0 aromatic carbocycles. The summed E-state index contributed by atoms with van der Waals surface area (Å²) in [4.78, 5) is 22.9. The molecule has 0 aromatic rings. The molecule has 0 saturated carbocycles. The van der Waals surface area contributed by atoms with Gasteiger partial charge in [-0.1, -0.05) is 20.3 Å². The van der Waals surface area contributed by atoms with Crippen molar-refractivity contribution >= 4 is 11.9 Å². The van der Waals surface area contributed by atoms with E-state index >= 15 is 0 Å². The van der Waals surface area contributed by atoms with Crippen LogP contribution in [0.3, 0.4) is 0 Å². The number of carbonyl (C=O) groups is 2. The van der Waals surface area contributed by atoms with Crippen molar-refractivity contribution in [1.29, 1.82) is 0 Å². The van der Waals surface area contributed by atoms with E-state index in [1.54, 1.807) is 6.92 Å². The zero-order valence-electron chi connectivity index (χ0n) is 10.4. The van der Waals surface area contributed by atoms with E-state index in [0.29, 0.717) is 6.61 Å². The van der Waals surface area contributed by atoms with Crippen LogP contribution in [0.25, 0.3) is 0 Å². The first-order chi connectivity index (χ1) is 7.56. The van der Waals surface area contributed by atoms with Crippen molar-refractivity contribution in [1.82, 2.24) is 5.32 Å². The van der Waals surface area contributed by atoms with Gasteiger partial charge in [0.1, 0.15) is 12.6 Å². The molecule has 5 heteroatoms. The van der Waals surface area contributed by atoms with E-state index in [4.69, 9.17) is 4.74 Å². The molecular weight excluding hydrogens is 210 g/mol. The zero-order valence-corrected chi connectivity index (χ0v) is 10.4. The largest absolute Gasteiger partial charge is 0.467 e. The summed E-state index contributed by atoms with van der Waals surface area (Å²) >= 11 is 0. The van der Waals surface area contributed by atoms with Crippen LogP contribution in [0.2, 0.25) is 0 Å². The second-order valence-corrected chi connectivity index (χ2v) is 3.59. The van der Waals surface area contributed by atoms with E-state index in [1.807, 2.05) is 13.8 Å². The lowest BCUT2D eigenvalue weighted by atomic mass is 9.99. The highest BCUT2D eigenvalue weighted by Crippen LogP contribution is 2.09. The first kappa shape index (κ1) is 14.9. The maximum atomic E-state index is 11.4. The molecule has 5 nitrogen and oxygen atoms in total. The minimum absolute atomic E-state index is 0.0274. The molecular formula is C11H21NO4. The molecule has 0 fully saturated rings. The molecule has 0 aliphatic rings. The number of hydrogen-bond acceptors (Lipinski definition) is 4. The van der Waals surface area contributed by atoms with Gasteiger partial charge in [-0.05, 0) is 12.8 Å². The second-order valence-electron chi connectivity index (χ2n) is 3.59. The molecule has 0 aliphatic carbocycles. The standard InChI is InChI=1S/C11H21NO4/c1-5-8(3)10(11(14)15-4)12-9(13)7-16-6-2/h8,10H,5-7H2,1-4H3,(H,12,13)/t8-,10+/m0/s1. The molecule has 0 aliphatic heterocycles. The average Bonchev–Trinajstić information content (AvgIpc) is 2.31. The molecule has 0 unspecified atom stereocenters. The van der Waals surface area contributed by atoms with E-state index < -0.39 is 12.0 Å². The summed E-state index contributed by atoms with van der Waals surface area (Å²) in [6, 6.07) is -0.594. The maximum Gasteiger partial charge on any atom is 0.328 e. The molecule has 16 heavy (non-hydrogen) atoms. The van der Waals surface area contributed by atoms with Crippen LogP contribution >= 0.6 is 0 Å². The fraction of sp³-hybridized carbons (Fsp3) is 0.818. The fourth-order valence-electron chi connectivity index (χ4n) is 1.21. The topological polar surface area (TPSA) is 64.6 Å². The molecule has 2 atom stereocenters. The lowest BCUT2D eigenvalue weighted by molar-refractivity contribution is -0.147. The Bertz CT molecular complexity index is 230. The first-order valence-corrected chi connectivity index (χ1v) is 5.51. The molecule has 0 rings (SSSR count). The van der Waals surface area contributed by atoms with E-state index in [-0.39, 0.29) is 18.4 Å². The Morgan fingerprint density at radius 1 is 1.31 bits per heavy atom. The Morgan fingerprint density at radius 2 is 1.94 bits per heavy atom. The van der Waals surface area contributed by atoms with Gasteiger partial charge in [0.15, 0.2) is 0 Å². The zero-order chi connectivity index (χ0) is 12.6. The van der Waals surface area contributed by atoms with Gasteiger partial charge >= 0.3 is 5.97 Å². The molecule has 94 valence electrons. The molecule has 0 radical (unpaired) electrons. The van der Waals surface area contributed by atoms with E-state index in [2.05, 4.69) is 10.1 Å². The molecule has 0 heterocycles. The van der Waals surface area contributed by atoms with E-state index in [1.165, 1.54) is 7.11 Å². The smallest absolute Gasteiger partial charge is 0.328 e. The first-order valence-electron chi connectivity index (χ1n) is 5.51. The highest BCUT2D eigenvalue weighted by molar-refractivity contribution is 5.85. The lowest BCUT2D eigenvalue weighted by Crippen LogP contribution is -2.46. The minimum Gasteiger partial charge on any atom is -0.467 e. The summed E-state index contributed by atoms with van der Waals surface area (Å²) in [5.74, 6) is -0.672. The highest BCUT2D eigenvalue weighted by atomic mass is 16.5. The predicted molar refractivity (Wildman–Crippen MR) is 59.9 cm³/mol. The van der Waals surface area contributed by atoms with Gasteiger partial charge < -0.3 is 14.8 Å². The Labute approximate surface area is 96.5 Å². The molecule has 0 aromatic heterocycles. The minimum atomic E-state index is -0.594. The second kappa shape index (κ2) is 8.10. The number of hydrogen-bond donors (Lipinski definition) is 1. The summed E-state index contributed by atoms with van der Waals surface area (Å²) in [6.45, 7) is 6.09. The normalized spacial score (nSPS) is 14.0. The number of carbonyl (C=O) groups excluding carboxylic acids is 2. The Morgan fingerprint density at radius 3 is 2.38 bits per heavy atom. The Balaban J connectivity index is 4.31. The van der Waals surface area contributed by atoms with Gasteiger partial charge in [0, 0.05) is 6.61 Å². The quantitative estimate of drug-likeness (QED) is 0.656. The van der Waals surface area contributed by atoms with Crippen LogP contribution in [0.15, 0.2) is 0 Å². The SMILES string of the molecule is CCOCC(=O)N[C@@H](C(=O)OC)[C@@H](C)CC. The van der Waals surface area contributed by atoms with Crippen molar-refractivity contribution in [2.45, 2.75) is 33.2 Å². The van der Waals surface area contributed by atoms with Crippen molar-refractivity contribution < 1.29 is 19.1 Å². The van der Waals surface area contributed by atoms with Gasteiger partial charge in [0.25, 0.3) is 0 Å². The Kier molecular flexibility index (Phi) is 7.54. The number of nitrogens with one attached hydrogen (secondary N) is 1. The van der Waals surface area contributed by atoms with Crippen LogP contribution in [-0.4, -0.2) is 38.2 Å². The summed E-state index contributed by atoms with van der Waals surface area (Å²) < 4.78 is 9.60. The number of amides is 1. The van der Waals surface area contributed by atoms with Gasteiger partial charge in [-0.15, -0.1) is 0 Å². The van der Waals surface area contributed by atoms with Crippen LogP contribution in [0.4, 0.5) is 0 Å². The molecule has 1 N–H and O–H groups in total. The average molecular weight is 231 g/mol. The molecule has 0 spiro atoms. The fourth-order valence-corrected chi connectivity index (χ4v) is 1.21. The van der Waals surface area contributed by atoms with E-state index in [0.717, 1.165) is 6.42 Å². The van der Waals surface area contributed by atoms with Crippen LogP contribution in [-0.2, 0) is 19.1 Å². The monoisotopic (exact) mass is 231 g/mol. The molecule has 1 amide bonds. The van der Waals surface area contributed by atoms with Gasteiger partial charge in [0.2, 0.25) is 5.91 Å². The van der Waals surface area contributed by atoms with Crippen LogP contribution in [0.1, 0.15) is 27.2 Å². The summed E-state index contributed by atoms with van der Waals surface area (Å²) in [5.41, 5.74) is 0. The van der Waals surface area contributed by atoms with Crippen LogP contribution in [0, 0.1) is 5.92 Å². The summed E-state index contributed by atoms with van der Waals surface area (Å²) in [7, 11) is 1.31.